The average molecular weight is 572 g/mol. The summed E-state index contributed by atoms with van der Waals surface area (Å²) >= 11 is 0. The van der Waals surface area contributed by atoms with E-state index in [1.807, 2.05) is 6.92 Å². The van der Waals surface area contributed by atoms with E-state index < -0.39 is 75.1 Å². The molecular weight excluding hydrogens is 554 g/mol. The van der Waals surface area contributed by atoms with Crippen molar-refractivity contribution in [3.8, 4) is 28.0 Å². The molecule has 0 fully saturated rings. The molecule has 0 unspecified atom stereocenters. The monoisotopic (exact) mass is 572 g/mol. The highest BCUT2D eigenvalue weighted by Crippen LogP contribution is 2.39. The van der Waals surface area contributed by atoms with E-state index in [1.54, 1.807) is 0 Å². The Balaban J connectivity index is 1.65. The number of hydrogen-bond donors (Lipinski definition) is 0. The van der Waals surface area contributed by atoms with E-state index in [9.17, 15) is 43.9 Å². The second-order valence-electron chi connectivity index (χ2n) is 8.87. The predicted molar refractivity (Wildman–Crippen MR) is 127 cm³/mol. The molecule has 0 saturated heterocycles. The Labute approximate surface area is 221 Å². The Bertz CT molecular complexity index is 1510. The molecule has 0 atom stereocenters. The maximum Gasteiger partial charge on any atom is 0.432 e. The Morgan fingerprint density at radius 1 is 0.625 bits per heavy atom. The highest BCUT2D eigenvalue weighted by molar-refractivity contribution is 5.67. The molecule has 0 saturated carbocycles. The molecule has 40 heavy (non-hydrogen) atoms. The lowest BCUT2D eigenvalue weighted by molar-refractivity contribution is -0.189. The molecule has 4 aromatic carbocycles. The second kappa shape index (κ2) is 11.2. The van der Waals surface area contributed by atoms with Gasteiger partial charge in [-0.15, -0.1) is 0 Å². The molecule has 4 aromatic rings. The van der Waals surface area contributed by atoms with Crippen molar-refractivity contribution in [2.24, 2.45) is 0 Å². The zero-order chi connectivity index (χ0) is 29.4. The van der Waals surface area contributed by atoms with E-state index in [2.05, 4.69) is 4.74 Å². The first-order valence-corrected chi connectivity index (χ1v) is 11.8. The van der Waals surface area contributed by atoms with Crippen LogP contribution in [0.2, 0.25) is 0 Å². The Hall–Kier alpha value is -4.02. The van der Waals surface area contributed by atoms with Gasteiger partial charge in [-0.25, -0.2) is 35.1 Å². The quantitative estimate of drug-likeness (QED) is 0.151. The van der Waals surface area contributed by atoms with Gasteiger partial charge in [-0.2, -0.15) is 8.78 Å². The summed E-state index contributed by atoms with van der Waals surface area (Å²) in [6.45, 7) is 1.94. The molecule has 0 N–H and O–H groups in total. The van der Waals surface area contributed by atoms with Gasteiger partial charge in [0.05, 0.1) is 5.56 Å². The fraction of sp³-hybridized carbons (Fsp3) is 0.172. The molecule has 0 spiro atoms. The predicted octanol–water partition coefficient (Wildman–Crippen LogP) is 9.60. The van der Waals surface area contributed by atoms with Crippen LogP contribution in [0.15, 0.2) is 54.6 Å². The summed E-state index contributed by atoms with van der Waals surface area (Å²) in [4.78, 5) is 0. The van der Waals surface area contributed by atoms with E-state index in [0.29, 0.717) is 24.1 Å². The lowest BCUT2D eigenvalue weighted by atomic mass is 9.99. The topological polar surface area (TPSA) is 9.23 Å². The Kier molecular flexibility index (Phi) is 8.13. The minimum absolute atomic E-state index is 0.186. The zero-order valence-corrected chi connectivity index (χ0v) is 20.5. The van der Waals surface area contributed by atoms with Gasteiger partial charge < -0.3 is 4.74 Å². The van der Waals surface area contributed by atoms with Crippen molar-refractivity contribution in [1.82, 2.24) is 0 Å². The number of unbranched alkanes of at least 4 members (excludes halogenated alkanes) is 1. The second-order valence-corrected chi connectivity index (χ2v) is 8.87. The number of hydrogen-bond acceptors (Lipinski definition) is 1. The fourth-order valence-electron chi connectivity index (χ4n) is 4.12. The van der Waals surface area contributed by atoms with Crippen LogP contribution >= 0.6 is 0 Å². The Morgan fingerprint density at radius 3 is 1.70 bits per heavy atom. The summed E-state index contributed by atoms with van der Waals surface area (Å²) in [6, 6.07) is 5.82. The van der Waals surface area contributed by atoms with Crippen molar-refractivity contribution >= 4 is 0 Å². The van der Waals surface area contributed by atoms with E-state index in [1.165, 1.54) is 18.2 Å². The SMILES string of the molecule is CCCCc1ccc(-c2cc(F)c(C(F)(F)Oc3cc(F)c(-c4cc(F)c(F)c(F)c4)c(F)c3)c(F)c2)c(F)c1. The molecule has 0 heterocycles. The van der Waals surface area contributed by atoms with Gasteiger partial charge in [0.25, 0.3) is 0 Å². The molecule has 0 amide bonds. The first kappa shape index (κ1) is 29.0. The van der Waals surface area contributed by atoms with Crippen LogP contribution in [-0.4, -0.2) is 0 Å². The van der Waals surface area contributed by atoms with Crippen molar-refractivity contribution in [1.29, 1.82) is 0 Å². The van der Waals surface area contributed by atoms with E-state index in [0.717, 1.165) is 12.8 Å². The third kappa shape index (κ3) is 5.78. The molecule has 11 heteroatoms. The average Bonchev–Trinajstić information content (AvgIpc) is 2.84. The summed E-state index contributed by atoms with van der Waals surface area (Å²) in [5.41, 5.74) is -3.79. The van der Waals surface area contributed by atoms with Gasteiger partial charge in [-0.05, 0) is 59.9 Å². The maximum absolute atomic E-state index is 14.8. The summed E-state index contributed by atoms with van der Waals surface area (Å²) in [5, 5.41) is 0. The highest BCUT2D eigenvalue weighted by Gasteiger charge is 2.41. The van der Waals surface area contributed by atoms with E-state index in [-0.39, 0.29) is 35.4 Å². The van der Waals surface area contributed by atoms with Gasteiger partial charge in [-0.3, -0.25) is 0 Å². The molecule has 0 aromatic heterocycles. The number of ether oxygens (including phenoxy) is 1. The van der Waals surface area contributed by atoms with Crippen LogP contribution in [0.25, 0.3) is 22.3 Å². The fourth-order valence-corrected chi connectivity index (χ4v) is 4.12. The third-order valence-electron chi connectivity index (χ3n) is 6.03. The minimum atomic E-state index is -4.82. The van der Waals surface area contributed by atoms with Gasteiger partial charge >= 0.3 is 6.11 Å². The summed E-state index contributed by atoms with van der Waals surface area (Å²) in [5.74, 6) is -14.4. The largest absolute Gasteiger partial charge is 0.432 e. The van der Waals surface area contributed by atoms with Crippen LogP contribution < -0.4 is 4.74 Å². The normalized spacial score (nSPS) is 11.7. The number of alkyl halides is 2. The summed E-state index contributed by atoms with van der Waals surface area (Å²) < 4.78 is 147. The van der Waals surface area contributed by atoms with Crippen molar-refractivity contribution in [2.45, 2.75) is 32.3 Å². The summed E-state index contributed by atoms with van der Waals surface area (Å²) in [6.07, 6.45) is -2.61. The number of benzene rings is 4. The maximum atomic E-state index is 14.8. The van der Waals surface area contributed by atoms with Gasteiger partial charge in [-0.1, -0.05) is 25.5 Å². The summed E-state index contributed by atoms with van der Waals surface area (Å²) in [7, 11) is 0. The smallest absolute Gasteiger partial charge is 0.429 e. The van der Waals surface area contributed by atoms with Crippen molar-refractivity contribution in [3.63, 3.8) is 0 Å². The van der Waals surface area contributed by atoms with Gasteiger partial charge in [0.2, 0.25) is 0 Å². The third-order valence-corrected chi connectivity index (χ3v) is 6.03. The van der Waals surface area contributed by atoms with Crippen LogP contribution in [0.5, 0.6) is 5.75 Å². The van der Waals surface area contributed by atoms with E-state index in [4.69, 9.17) is 0 Å². The van der Waals surface area contributed by atoms with Crippen LogP contribution in [-0.2, 0) is 12.5 Å². The lowest BCUT2D eigenvalue weighted by Crippen LogP contribution is -2.25. The zero-order valence-electron chi connectivity index (χ0n) is 20.5. The molecule has 0 aliphatic rings. The number of halogens is 10. The van der Waals surface area contributed by atoms with Crippen LogP contribution in [0, 0.1) is 46.5 Å². The number of rotatable bonds is 8. The standard InChI is InChI=1S/C29H18F10O/c1-2-3-4-14-5-6-18(19(30)7-14)15-8-22(33)27(23(34)9-15)29(38,39)40-17-12-20(31)26(21(32)13-17)16-10-24(35)28(37)25(36)11-16/h5-13H,2-4H2,1H3. The molecule has 1 nitrogen and oxygen atoms in total. The van der Waals surface area contributed by atoms with E-state index >= 15 is 0 Å². The lowest BCUT2D eigenvalue weighted by Gasteiger charge is -2.20. The van der Waals surface area contributed by atoms with Gasteiger partial charge in [0.15, 0.2) is 17.5 Å². The van der Waals surface area contributed by atoms with Gasteiger partial charge in [0, 0.05) is 17.7 Å². The molecular formula is C29H18F10O. The molecule has 0 bridgehead atoms. The first-order valence-electron chi connectivity index (χ1n) is 11.8. The van der Waals surface area contributed by atoms with Gasteiger partial charge in [0.1, 0.15) is 40.4 Å². The molecule has 4 rings (SSSR count). The highest BCUT2D eigenvalue weighted by atomic mass is 19.3. The minimum Gasteiger partial charge on any atom is -0.429 e. The van der Waals surface area contributed by atoms with Crippen LogP contribution in [0.4, 0.5) is 43.9 Å². The van der Waals surface area contributed by atoms with Crippen molar-refractivity contribution in [3.05, 3.63) is 112 Å². The van der Waals surface area contributed by atoms with Crippen LogP contribution in [0.3, 0.4) is 0 Å². The molecule has 0 radical (unpaired) electrons. The number of aryl methyl sites for hydroxylation is 1. The van der Waals surface area contributed by atoms with Crippen LogP contribution in [0.1, 0.15) is 30.9 Å². The van der Waals surface area contributed by atoms with Crippen molar-refractivity contribution < 1.29 is 48.6 Å². The first-order chi connectivity index (χ1) is 18.8. The van der Waals surface area contributed by atoms with Crippen molar-refractivity contribution in [2.75, 3.05) is 0 Å². The molecule has 210 valence electrons. The Morgan fingerprint density at radius 2 is 1.18 bits per heavy atom. The molecule has 0 aliphatic carbocycles. The molecule has 0 aliphatic heterocycles.